The number of carbonyl (C=O) groups is 1. The van der Waals surface area contributed by atoms with Crippen molar-refractivity contribution in [2.24, 2.45) is 0 Å². The lowest BCUT2D eigenvalue weighted by Gasteiger charge is -2.34. The molecule has 0 aliphatic carbocycles. The van der Waals surface area contributed by atoms with Crippen LogP contribution in [-0.2, 0) is 16.6 Å². The van der Waals surface area contributed by atoms with Crippen LogP contribution in [0.4, 0.5) is 0 Å². The van der Waals surface area contributed by atoms with Gasteiger partial charge in [-0.25, -0.2) is 13.4 Å². The van der Waals surface area contributed by atoms with Crippen LogP contribution in [0.1, 0.15) is 28.5 Å². The largest absolute Gasteiger partial charge is 0.301 e. The lowest BCUT2D eigenvalue weighted by molar-refractivity contribution is 0.101. The number of Topliss-reactive ketones (excluding diaryl/α,β-unsaturated/α-hetero) is 1. The standard InChI is InChI=1S/C33H29N5O3S/c1-24(39)25-11-13-26(14-12-25)29-15-16-32-35-33(27-7-3-2-4-8-27)30(38(32)22-29)23-36-17-19-37(20-18-36)42(40,41)31-10-6-5-9-28(31)21-34/h2-16,22H,17-20,23H2,1H3. The summed E-state index contributed by atoms with van der Waals surface area (Å²) in [7, 11) is -3.78. The number of pyridine rings is 1. The zero-order chi connectivity index (χ0) is 29.3. The van der Waals surface area contributed by atoms with Crippen molar-refractivity contribution in [3.63, 3.8) is 0 Å². The Kier molecular flexibility index (Phi) is 7.43. The summed E-state index contributed by atoms with van der Waals surface area (Å²) in [6.07, 6.45) is 2.08. The number of ketones is 1. The van der Waals surface area contributed by atoms with Gasteiger partial charge in [0.25, 0.3) is 0 Å². The molecule has 0 N–H and O–H groups in total. The highest BCUT2D eigenvalue weighted by atomic mass is 32.2. The Morgan fingerprint density at radius 2 is 1.50 bits per heavy atom. The van der Waals surface area contributed by atoms with Gasteiger partial charge in [0.2, 0.25) is 10.0 Å². The number of sulfonamides is 1. The number of carbonyl (C=O) groups excluding carboxylic acids is 1. The van der Waals surface area contributed by atoms with E-state index in [0.717, 1.165) is 33.7 Å². The molecule has 3 heterocycles. The van der Waals surface area contributed by atoms with E-state index < -0.39 is 10.0 Å². The van der Waals surface area contributed by atoms with E-state index in [9.17, 15) is 18.5 Å². The molecule has 6 rings (SSSR count). The molecule has 1 saturated heterocycles. The Labute approximate surface area is 245 Å². The van der Waals surface area contributed by atoms with Gasteiger partial charge in [-0.1, -0.05) is 66.7 Å². The number of imidazole rings is 1. The fraction of sp³-hybridized carbons (Fsp3) is 0.182. The Bertz CT molecular complexity index is 1920. The number of nitrogens with zero attached hydrogens (tertiary/aromatic N) is 5. The second kappa shape index (κ2) is 11.3. The number of hydrogen-bond donors (Lipinski definition) is 0. The second-order valence-corrected chi connectivity index (χ2v) is 12.2. The predicted molar refractivity (Wildman–Crippen MR) is 161 cm³/mol. The molecule has 1 aliphatic rings. The summed E-state index contributed by atoms with van der Waals surface area (Å²) in [6, 6.07) is 30.0. The molecule has 2 aromatic heterocycles. The highest BCUT2D eigenvalue weighted by Gasteiger charge is 2.31. The lowest BCUT2D eigenvalue weighted by Crippen LogP contribution is -2.48. The maximum atomic E-state index is 13.4. The smallest absolute Gasteiger partial charge is 0.244 e. The molecule has 1 fully saturated rings. The molecule has 1 aliphatic heterocycles. The highest BCUT2D eigenvalue weighted by molar-refractivity contribution is 7.89. The quantitative estimate of drug-likeness (QED) is 0.246. The molecule has 0 unspecified atom stereocenters. The summed E-state index contributed by atoms with van der Waals surface area (Å²) in [5, 5.41) is 9.44. The van der Waals surface area contributed by atoms with E-state index in [2.05, 4.69) is 15.5 Å². The number of nitriles is 1. The molecule has 0 spiro atoms. The molecule has 8 nitrogen and oxygen atoms in total. The molecule has 5 aromatic rings. The van der Waals surface area contributed by atoms with Gasteiger partial charge in [0.05, 0.1) is 21.8 Å². The van der Waals surface area contributed by atoms with Crippen LogP contribution in [0.15, 0.2) is 102 Å². The summed E-state index contributed by atoms with van der Waals surface area (Å²) in [6.45, 7) is 3.88. The van der Waals surface area contributed by atoms with Crippen molar-refractivity contribution < 1.29 is 13.2 Å². The molecule has 0 bridgehead atoms. The Hall–Kier alpha value is -4.62. The van der Waals surface area contributed by atoms with Gasteiger partial charge < -0.3 is 4.40 Å². The summed E-state index contributed by atoms with van der Waals surface area (Å²) < 4.78 is 30.3. The first kappa shape index (κ1) is 27.5. The van der Waals surface area contributed by atoms with Crippen LogP contribution >= 0.6 is 0 Å². The van der Waals surface area contributed by atoms with Crippen molar-refractivity contribution >= 4 is 21.5 Å². The van der Waals surface area contributed by atoms with E-state index in [0.29, 0.717) is 38.3 Å². The zero-order valence-corrected chi connectivity index (χ0v) is 24.0. The van der Waals surface area contributed by atoms with E-state index in [-0.39, 0.29) is 16.2 Å². The molecule has 0 radical (unpaired) electrons. The van der Waals surface area contributed by atoms with Crippen LogP contribution in [0.2, 0.25) is 0 Å². The molecule has 210 valence electrons. The monoisotopic (exact) mass is 575 g/mol. The molecule has 0 amide bonds. The molecular weight excluding hydrogens is 546 g/mol. The van der Waals surface area contributed by atoms with Crippen LogP contribution in [0.25, 0.3) is 28.0 Å². The SMILES string of the molecule is CC(=O)c1ccc(-c2ccc3nc(-c4ccccc4)c(CN4CCN(S(=O)(=O)c5ccccc5C#N)CC4)n3c2)cc1. The lowest BCUT2D eigenvalue weighted by atomic mass is 10.0. The molecule has 42 heavy (non-hydrogen) atoms. The van der Waals surface area contributed by atoms with Gasteiger partial charge in [-0.2, -0.15) is 9.57 Å². The van der Waals surface area contributed by atoms with Crippen LogP contribution in [0.3, 0.4) is 0 Å². The molecular formula is C33H29N5O3S. The zero-order valence-electron chi connectivity index (χ0n) is 23.1. The number of piperazine rings is 1. The fourth-order valence-electron chi connectivity index (χ4n) is 5.40. The van der Waals surface area contributed by atoms with E-state index in [4.69, 9.17) is 4.98 Å². The minimum atomic E-state index is -3.78. The van der Waals surface area contributed by atoms with Crippen LogP contribution in [-0.4, -0.2) is 59.0 Å². The van der Waals surface area contributed by atoms with Crippen molar-refractivity contribution in [1.29, 1.82) is 5.26 Å². The van der Waals surface area contributed by atoms with Gasteiger partial charge in [0, 0.05) is 50.0 Å². The molecule has 3 aromatic carbocycles. The number of hydrogen-bond acceptors (Lipinski definition) is 6. The van der Waals surface area contributed by atoms with Crippen LogP contribution < -0.4 is 0 Å². The van der Waals surface area contributed by atoms with Gasteiger partial charge in [0.1, 0.15) is 11.7 Å². The summed E-state index contributed by atoms with van der Waals surface area (Å²) in [5.41, 5.74) is 6.57. The van der Waals surface area contributed by atoms with E-state index in [1.165, 1.54) is 16.4 Å². The van der Waals surface area contributed by atoms with Gasteiger partial charge in [-0.3, -0.25) is 9.69 Å². The Morgan fingerprint density at radius 3 is 2.19 bits per heavy atom. The third-order valence-electron chi connectivity index (χ3n) is 7.72. The number of aromatic nitrogens is 2. The third kappa shape index (κ3) is 5.23. The first-order valence-corrected chi connectivity index (χ1v) is 15.2. The normalized spacial score (nSPS) is 14.6. The van der Waals surface area contributed by atoms with Crippen molar-refractivity contribution in [2.75, 3.05) is 26.2 Å². The van der Waals surface area contributed by atoms with Crippen molar-refractivity contribution in [1.82, 2.24) is 18.6 Å². The number of benzene rings is 3. The third-order valence-corrected chi connectivity index (χ3v) is 9.68. The summed E-state index contributed by atoms with van der Waals surface area (Å²) >= 11 is 0. The summed E-state index contributed by atoms with van der Waals surface area (Å²) in [4.78, 5) is 19.0. The maximum Gasteiger partial charge on any atom is 0.244 e. The minimum absolute atomic E-state index is 0.0311. The number of rotatable bonds is 7. The van der Waals surface area contributed by atoms with Gasteiger partial charge in [-0.05, 0) is 42.3 Å². The second-order valence-electron chi connectivity index (χ2n) is 10.3. The predicted octanol–water partition coefficient (Wildman–Crippen LogP) is 5.25. The van der Waals surface area contributed by atoms with Gasteiger partial charge in [0.15, 0.2) is 5.78 Å². The first-order valence-electron chi connectivity index (χ1n) is 13.7. The minimum Gasteiger partial charge on any atom is -0.301 e. The molecule has 9 heteroatoms. The van der Waals surface area contributed by atoms with E-state index in [1.54, 1.807) is 19.1 Å². The maximum absolute atomic E-state index is 13.4. The average Bonchev–Trinajstić information content (AvgIpc) is 3.39. The van der Waals surface area contributed by atoms with Crippen molar-refractivity contribution in [3.05, 3.63) is 114 Å². The van der Waals surface area contributed by atoms with E-state index in [1.807, 2.05) is 72.8 Å². The van der Waals surface area contributed by atoms with Crippen molar-refractivity contribution in [2.45, 2.75) is 18.4 Å². The molecule has 0 saturated carbocycles. The highest BCUT2D eigenvalue weighted by Crippen LogP contribution is 2.29. The Balaban J connectivity index is 1.30. The van der Waals surface area contributed by atoms with Crippen LogP contribution in [0, 0.1) is 11.3 Å². The number of fused-ring (bicyclic) bond motifs is 1. The van der Waals surface area contributed by atoms with Gasteiger partial charge >= 0.3 is 0 Å². The van der Waals surface area contributed by atoms with Crippen molar-refractivity contribution in [3.8, 4) is 28.5 Å². The van der Waals surface area contributed by atoms with Crippen LogP contribution in [0.5, 0.6) is 0 Å². The topological polar surface area (TPSA) is 98.8 Å². The van der Waals surface area contributed by atoms with E-state index >= 15 is 0 Å². The summed E-state index contributed by atoms with van der Waals surface area (Å²) in [5.74, 6) is 0.0311. The van der Waals surface area contributed by atoms with Gasteiger partial charge in [-0.15, -0.1) is 0 Å². The fourth-order valence-corrected chi connectivity index (χ4v) is 6.97. The first-order chi connectivity index (χ1) is 20.3. The Morgan fingerprint density at radius 1 is 0.833 bits per heavy atom. The average molecular weight is 576 g/mol. The molecule has 0 atom stereocenters.